The first-order valence-electron chi connectivity index (χ1n) is 6.76. The van der Waals surface area contributed by atoms with E-state index in [1.807, 2.05) is 0 Å². The van der Waals surface area contributed by atoms with Crippen molar-refractivity contribution in [1.29, 1.82) is 0 Å². The number of halogens is 1. The predicted octanol–water partition coefficient (Wildman–Crippen LogP) is -0.00780. The van der Waals surface area contributed by atoms with Crippen molar-refractivity contribution < 1.29 is 21.6 Å². The van der Waals surface area contributed by atoms with Gasteiger partial charge in [-0.05, 0) is 18.9 Å². The summed E-state index contributed by atoms with van der Waals surface area (Å²) < 4.78 is 6.44. The number of epoxide rings is 1. The van der Waals surface area contributed by atoms with Crippen LogP contribution < -0.4 is 12.4 Å². The minimum absolute atomic E-state index is 0. The van der Waals surface area contributed by atoms with Gasteiger partial charge in [-0.3, -0.25) is 0 Å². The maximum Gasteiger partial charge on any atom is 0.0969 e. The topological polar surface area (TPSA) is 12.5 Å². The minimum atomic E-state index is 0. The van der Waals surface area contributed by atoms with Crippen LogP contribution in [0, 0.1) is 0 Å². The molecule has 102 valence electrons. The molecule has 0 aromatic heterocycles. The van der Waals surface area contributed by atoms with Crippen LogP contribution in [-0.4, -0.2) is 43.9 Å². The first-order valence-corrected chi connectivity index (χ1v) is 6.76. The van der Waals surface area contributed by atoms with Gasteiger partial charge in [0.25, 0.3) is 0 Å². The predicted molar refractivity (Wildman–Crippen MR) is 69.5 cm³/mol. The van der Waals surface area contributed by atoms with Gasteiger partial charge in [-0.15, -0.1) is 0 Å². The van der Waals surface area contributed by atoms with Gasteiger partial charge < -0.3 is 21.6 Å². The number of unbranched alkanes of at least 4 members (excludes halogenated alkanes) is 3. The SMILES string of the molecule is C=CC[N+](C)(CCCCCC)CCC1CO1.[Cl-]. The molecule has 0 spiro atoms. The number of nitrogens with zero attached hydrogens (tertiary/aromatic N) is 1. The van der Waals surface area contributed by atoms with E-state index >= 15 is 0 Å². The summed E-state index contributed by atoms with van der Waals surface area (Å²) in [4.78, 5) is 0. The first-order chi connectivity index (χ1) is 7.70. The summed E-state index contributed by atoms with van der Waals surface area (Å²) in [5, 5.41) is 0. The van der Waals surface area contributed by atoms with E-state index in [-0.39, 0.29) is 12.4 Å². The third-order valence-corrected chi connectivity index (χ3v) is 3.51. The highest BCUT2D eigenvalue weighted by molar-refractivity contribution is 4.70. The fourth-order valence-corrected chi connectivity index (χ4v) is 2.22. The second kappa shape index (κ2) is 8.96. The van der Waals surface area contributed by atoms with Crippen molar-refractivity contribution in [2.75, 3.05) is 33.3 Å². The third kappa shape index (κ3) is 7.80. The Hall–Kier alpha value is -0.0500. The molecule has 0 saturated carbocycles. The van der Waals surface area contributed by atoms with Gasteiger partial charge >= 0.3 is 0 Å². The summed E-state index contributed by atoms with van der Waals surface area (Å²) >= 11 is 0. The lowest BCUT2D eigenvalue weighted by Crippen LogP contribution is -3.00. The van der Waals surface area contributed by atoms with Gasteiger partial charge in [0.2, 0.25) is 0 Å². The number of likely N-dealkylation sites (N-methyl/N-ethyl adjacent to an activating group) is 1. The number of quaternary nitrogens is 1. The Morgan fingerprint density at radius 3 is 2.53 bits per heavy atom. The van der Waals surface area contributed by atoms with Crippen molar-refractivity contribution >= 4 is 0 Å². The summed E-state index contributed by atoms with van der Waals surface area (Å²) in [6.07, 6.45) is 9.27. The highest BCUT2D eigenvalue weighted by atomic mass is 35.5. The zero-order valence-electron chi connectivity index (χ0n) is 11.5. The molecular weight excluding hydrogens is 234 g/mol. The number of ether oxygens (including phenoxy) is 1. The van der Waals surface area contributed by atoms with E-state index < -0.39 is 0 Å². The highest BCUT2D eigenvalue weighted by Gasteiger charge is 2.27. The molecule has 1 rings (SSSR count). The Balaban J connectivity index is 0.00000256. The van der Waals surface area contributed by atoms with Crippen LogP contribution in [0.1, 0.15) is 39.0 Å². The molecule has 1 aliphatic heterocycles. The van der Waals surface area contributed by atoms with Gasteiger partial charge in [-0.1, -0.05) is 26.3 Å². The largest absolute Gasteiger partial charge is 1.00 e. The average molecular weight is 262 g/mol. The van der Waals surface area contributed by atoms with Crippen molar-refractivity contribution in [1.82, 2.24) is 0 Å². The van der Waals surface area contributed by atoms with Crippen LogP contribution in [-0.2, 0) is 4.74 Å². The van der Waals surface area contributed by atoms with Gasteiger partial charge in [0.05, 0.1) is 39.4 Å². The number of rotatable bonds is 10. The van der Waals surface area contributed by atoms with Gasteiger partial charge in [0, 0.05) is 6.42 Å². The van der Waals surface area contributed by atoms with E-state index in [4.69, 9.17) is 4.74 Å². The standard InChI is InChI=1S/C14H28NO.ClH/c1-4-6-7-8-11-15(3,10-5-2)12-9-14-13-16-14;/h5,14H,2,4,6-13H2,1,3H3;1H/q+1;/p-1. The normalized spacial score (nSPS) is 21.4. The van der Waals surface area contributed by atoms with Crippen LogP contribution >= 0.6 is 0 Å². The fraction of sp³-hybridized carbons (Fsp3) is 0.857. The molecule has 1 fully saturated rings. The summed E-state index contributed by atoms with van der Waals surface area (Å²) in [5.74, 6) is 0. The van der Waals surface area contributed by atoms with Crippen LogP contribution in [0.3, 0.4) is 0 Å². The van der Waals surface area contributed by atoms with Crippen LogP contribution in [0.15, 0.2) is 12.7 Å². The molecule has 0 N–H and O–H groups in total. The lowest BCUT2D eigenvalue weighted by Gasteiger charge is -2.33. The van der Waals surface area contributed by atoms with E-state index in [0.29, 0.717) is 6.10 Å². The Labute approximate surface area is 113 Å². The maximum atomic E-state index is 5.29. The summed E-state index contributed by atoms with van der Waals surface area (Å²) in [7, 11) is 2.36. The van der Waals surface area contributed by atoms with E-state index in [1.165, 1.54) is 45.2 Å². The Morgan fingerprint density at radius 2 is 2.00 bits per heavy atom. The number of hydrogen-bond acceptors (Lipinski definition) is 1. The Morgan fingerprint density at radius 1 is 1.29 bits per heavy atom. The summed E-state index contributed by atoms with van der Waals surface area (Å²) in [6, 6.07) is 0. The lowest BCUT2D eigenvalue weighted by molar-refractivity contribution is -0.904. The lowest BCUT2D eigenvalue weighted by atomic mass is 10.1. The zero-order valence-corrected chi connectivity index (χ0v) is 12.2. The monoisotopic (exact) mass is 261 g/mol. The minimum Gasteiger partial charge on any atom is -1.00 e. The molecule has 1 saturated heterocycles. The van der Waals surface area contributed by atoms with E-state index in [1.54, 1.807) is 0 Å². The van der Waals surface area contributed by atoms with Crippen LogP contribution in [0.4, 0.5) is 0 Å². The molecule has 0 bridgehead atoms. The first kappa shape index (κ1) is 16.9. The molecule has 0 aromatic carbocycles. The highest BCUT2D eigenvalue weighted by Crippen LogP contribution is 2.17. The smallest absolute Gasteiger partial charge is 0.0969 e. The molecule has 0 radical (unpaired) electrons. The van der Waals surface area contributed by atoms with Gasteiger partial charge in [0.15, 0.2) is 0 Å². The maximum absolute atomic E-state index is 5.29. The van der Waals surface area contributed by atoms with Crippen molar-refractivity contribution in [3.63, 3.8) is 0 Å². The molecular formula is C14H28ClNO. The zero-order chi connectivity index (χ0) is 11.9. The van der Waals surface area contributed by atoms with Crippen LogP contribution in [0.2, 0.25) is 0 Å². The average Bonchev–Trinajstić information content (AvgIpc) is 3.06. The van der Waals surface area contributed by atoms with Crippen molar-refractivity contribution in [2.45, 2.75) is 45.1 Å². The molecule has 2 nitrogen and oxygen atoms in total. The van der Waals surface area contributed by atoms with Crippen molar-refractivity contribution in [3.05, 3.63) is 12.7 Å². The number of hydrogen-bond donors (Lipinski definition) is 0. The van der Waals surface area contributed by atoms with E-state index in [9.17, 15) is 0 Å². The molecule has 3 heteroatoms. The van der Waals surface area contributed by atoms with Crippen molar-refractivity contribution in [3.8, 4) is 0 Å². The molecule has 0 aromatic rings. The van der Waals surface area contributed by atoms with Gasteiger partial charge in [-0.2, -0.15) is 0 Å². The third-order valence-electron chi connectivity index (χ3n) is 3.51. The molecule has 17 heavy (non-hydrogen) atoms. The second-order valence-corrected chi connectivity index (χ2v) is 5.34. The molecule has 2 atom stereocenters. The van der Waals surface area contributed by atoms with Gasteiger partial charge in [0.1, 0.15) is 0 Å². The fourth-order valence-electron chi connectivity index (χ4n) is 2.22. The van der Waals surface area contributed by atoms with Crippen molar-refractivity contribution in [2.24, 2.45) is 0 Å². The molecule has 1 aliphatic rings. The Kier molecular flexibility index (Phi) is 8.93. The summed E-state index contributed by atoms with van der Waals surface area (Å²) in [6.45, 7) is 10.8. The second-order valence-electron chi connectivity index (χ2n) is 5.34. The molecule has 0 aliphatic carbocycles. The molecule has 2 unspecified atom stereocenters. The quantitative estimate of drug-likeness (QED) is 0.233. The Bertz CT molecular complexity index is 206. The van der Waals surface area contributed by atoms with Crippen LogP contribution in [0.5, 0.6) is 0 Å². The van der Waals surface area contributed by atoms with Crippen LogP contribution in [0.25, 0.3) is 0 Å². The van der Waals surface area contributed by atoms with E-state index in [0.717, 1.165) is 17.6 Å². The summed E-state index contributed by atoms with van der Waals surface area (Å²) in [5.41, 5.74) is 0. The molecule has 1 heterocycles. The van der Waals surface area contributed by atoms with E-state index in [2.05, 4.69) is 26.6 Å². The van der Waals surface area contributed by atoms with Gasteiger partial charge in [-0.25, -0.2) is 0 Å². The molecule has 0 amide bonds.